The van der Waals surface area contributed by atoms with E-state index < -0.39 is 0 Å². The molecule has 0 saturated carbocycles. The van der Waals surface area contributed by atoms with E-state index in [2.05, 4.69) is 54.2 Å². The average Bonchev–Trinajstić information content (AvgIpc) is 2.59. The monoisotopic (exact) mass is 433 g/mol. The molecule has 0 bridgehead atoms. The third-order valence-corrected chi connectivity index (χ3v) is 4.85. The number of ether oxygens (including phenoxy) is 2. The molecule has 146 valence electrons. The molecule has 2 rings (SSSR count). The molecule has 5 heteroatoms. The summed E-state index contributed by atoms with van der Waals surface area (Å²) in [5.74, 6) is 1.40. The van der Waals surface area contributed by atoms with Crippen LogP contribution in [0.5, 0.6) is 11.5 Å². The van der Waals surface area contributed by atoms with Gasteiger partial charge in [-0.1, -0.05) is 32.9 Å². The van der Waals surface area contributed by atoms with Crippen LogP contribution in [0.4, 0.5) is 5.69 Å². The van der Waals surface area contributed by atoms with E-state index in [0.29, 0.717) is 30.9 Å². The first kappa shape index (κ1) is 21.3. The van der Waals surface area contributed by atoms with Crippen LogP contribution >= 0.6 is 15.9 Å². The molecule has 0 heterocycles. The lowest BCUT2D eigenvalue weighted by Crippen LogP contribution is -2.14. The Morgan fingerprint density at radius 1 is 1.11 bits per heavy atom. The van der Waals surface area contributed by atoms with Crippen LogP contribution in [-0.4, -0.2) is 19.6 Å². The van der Waals surface area contributed by atoms with Gasteiger partial charge in [0.2, 0.25) is 5.91 Å². The molecular weight excluding hydrogens is 406 g/mol. The zero-order valence-corrected chi connectivity index (χ0v) is 18.3. The minimum absolute atomic E-state index is 0.0513. The molecule has 0 radical (unpaired) electrons. The third-order valence-electron chi connectivity index (χ3n) is 4.23. The summed E-state index contributed by atoms with van der Waals surface area (Å²) in [6.45, 7) is 8.99. The SMILES string of the molecule is COc1ccc(C)cc1NC(=O)CCCOc1ccc(C(C)(C)C)cc1Br. The number of anilines is 1. The number of hydrogen-bond donors (Lipinski definition) is 1. The second kappa shape index (κ2) is 9.27. The van der Waals surface area contributed by atoms with Crippen molar-refractivity contribution in [2.45, 2.75) is 46.0 Å². The van der Waals surface area contributed by atoms with Crippen molar-refractivity contribution in [3.8, 4) is 11.5 Å². The molecular formula is C22H28BrNO3. The quantitative estimate of drug-likeness (QED) is 0.555. The second-order valence-electron chi connectivity index (χ2n) is 7.60. The summed E-state index contributed by atoms with van der Waals surface area (Å²) >= 11 is 3.57. The summed E-state index contributed by atoms with van der Waals surface area (Å²) < 4.78 is 12.0. The fourth-order valence-electron chi connectivity index (χ4n) is 2.63. The van der Waals surface area contributed by atoms with E-state index in [1.54, 1.807) is 7.11 Å². The Bertz CT molecular complexity index is 797. The van der Waals surface area contributed by atoms with E-state index >= 15 is 0 Å². The van der Waals surface area contributed by atoms with Crippen LogP contribution in [0.1, 0.15) is 44.7 Å². The van der Waals surface area contributed by atoms with E-state index in [0.717, 1.165) is 15.8 Å². The zero-order chi connectivity index (χ0) is 20.0. The Morgan fingerprint density at radius 2 is 1.81 bits per heavy atom. The summed E-state index contributed by atoms with van der Waals surface area (Å²) in [6, 6.07) is 11.9. The summed E-state index contributed by atoms with van der Waals surface area (Å²) in [5, 5.41) is 2.91. The predicted octanol–water partition coefficient (Wildman–Crippen LogP) is 5.86. The lowest BCUT2D eigenvalue weighted by atomic mass is 9.87. The van der Waals surface area contributed by atoms with Gasteiger partial charge in [0.05, 0.1) is 23.9 Å². The van der Waals surface area contributed by atoms with E-state index in [1.807, 2.05) is 31.2 Å². The van der Waals surface area contributed by atoms with Crippen LogP contribution in [0.15, 0.2) is 40.9 Å². The van der Waals surface area contributed by atoms with Crippen LogP contribution < -0.4 is 14.8 Å². The first-order valence-corrected chi connectivity index (χ1v) is 9.87. The Kier molecular flexibility index (Phi) is 7.31. The number of methoxy groups -OCH3 is 1. The molecule has 1 amide bonds. The molecule has 2 aromatic rings. The lowest BCUT2D eigenvalue weighted by Gasteiger charge is -2.20. The number of aryl methyl sites for hydroxylation is 1. The highest BCUT2D eigenvalue weighted by atomic mass is 79.9. The maximum absolute atomic E-state index is 12.2. The van der Waals surface area contributed by atoms with Crippen molar-refractivity contribution >= 4 is 27.5 Å². The molecule has 0 saturated heterocycles. The molecule has 1 N–H and O–H groups in total. The Hall–Kier alpha value is -2.01. The van der Waals surface area contributed by atoms with Crippen molar-refractivity contribution in [3.63, 3.8) is 0 Å². The number of hydrogen-bond acceptors (Lipinski definition) is 3. The number of rotatable bonds is 7. The molecule has 2 aromatic carbocycles. The maximum Gasteiger partial charge on any atom is 0.224 e. The minimum atomic E-state index is -0.0513. The number of carbonyl (C=O) groups is 1. The summed E-state index contributed by atoms with van der Waals surface area (Å²) in [6.07, 6.45) is 1.02. The third kappa shape index (κ3) is 6.28. The van der Waals surface area contributed by atoms with Gasteiger partial charge in [-0.3, -0.25) is 4.79 Å². The molecule has 0 aliphatic heterocycles. The van der Waals surface area contributed by atoms with Gasteiger partial charge >= 0.3 is 0 Å². The van der Waals surface area contributed by atoms with E-state index in [-0.39, 0.29) is 11.3 Å². The highest BCUT2D eigenvalue weighted by Crippen LogP contribution is 2.31. The van der Waals surface area contributed by atoms with E-state index in [1.165, 1.54) is 5.56 Å². The average molecular weight is 434 g/mol. The molecule has 0 atom stereocenters. The van der Waals surface area contributed by atoms with Crippen molar-refractivity contribution in [1.29, 1.82) is 0 Å². The van der Waals surface area contributed by atoms with Crippen LogP contribution in [0.25, 0.3) is 0 Å². The van der Waals surface area contributed by atoms with Crippen LogP contribution in [0.2, 0.25) is 0 Å². The van der Waals surface area contributed by atoms with E-state index in [9.17, 15) is 4.79 Å². The van der Waals surface area contributed by atoms with Gasteiger partial charge in [0.1, 0.15) is 11.5 Å². The van der Waals surface area contributed by atoms with Crippen molar-refractivity contribution in [2.24, 2.45) is 0 Å². The van der Waals surface area contributed by atoms with Gasteiger partial charge in [-0.2, -0.15) is 0 Å². The number of amides is 1. The van der Waals surface area contributed by atoms with Crippen LogP contribution in [-0.2, 0) is 10.2 Å². The fourth-order valence-corrected chi connectivity index (χ4v) is 3.12. The molecule has 0 spiro atoms. The lowest BCUT2D eigenvalue weighted by molar-refractivity contribution is -0.116. The number of halogens is 1. The normalized spacial score (nSPS) is 11.2. The Balaban J connectivity index is 1.83. The fraction of sp³-hybridized carbons (Fsp3) is 0.409. The highest BCUT2D eigenvalue weighted by Gasteiger charge is 2.15. The van der Waals surface area contributed by atoms with Gasteiger partial charge in [-0.25, -0.2) is 0 Å². The van der Waals surface area contributed by atoms with Crippen molar-refractivity contribution in [1.82, 2.24) is 0 Å². The first-order valence-electron chi connectivity index (χ1n) is 9.08. The Labute approximate surface area is 170 Å². The van der Waals surface area contributed by atoms with Gasteiger partial charge in [-0.15, -0.1) is 0 Å². The van der Waals surface area contributed by atoms with Crippen molar-refractivity contribution in [2.75, 3.05) is 19.0 Å². The minimum Gasteiger partial charge on any atom is -0.495 e. The predicted molar refractivity (Wildman–Crippen MR) is 114 cm³/mol. The maximum atomic E-state index is 12.2. The molecule has 4 nitrogen and oxygen atoms in total. The summed E-state index contributed by atoms with van der Waals surface area (Å²) in [7, 11) is 1.59. The first-order chi connectivity index (χ1) is 12.7. The topological polar surface area (TPSA) is 47.6 Å². The largest absolute Gasteiger partial charge is 0.495 e. The second-order valence-corrected chi connectivity index (χ2v) is 8.45. The van der Waals surface area contributed by atoms with Gasteiger partial charge in [-0.05, 0) is 70.1 Å². The zero-order valence-electron chi connectivity index (χ0n) is 16.7. The number of nitrogens with one attached hydrogen (secondary N) is 1. The molecule has 0 aliphatic rings. The van der Waals surface area contributed by atoms with Gasteiger partial charge < -0.3 is 14.8 Å². The molecule has 0 aromatic heterocycles. The smallest absolute Gasteiger partial charge is 0.224 e. The van der Waals surface area contributed by atoms with Gasteiger partial charge in [0, 0.05) is 6.42 Å². The molecule has 0 aliphatic carbocycles. The molecule has 0 unspecified atom stereocenters. The molecule has 27 heavy (non-hydrogen) atoms. The summed E-state index contributed by atoms with van der Waals surface area (Å²) in [4.78, 5) is 12.2. The van der Waals surface area contributed by atoms with Crippen molar-refractivity contribution in [3.05, 3.63) is 52.0 Å². The van der Waals surface area contributed by atoms with Crippen molar-refractivity contribution < 1.29 is 14.3 Å². The summed E-state index contributed by atoms with van der Waals surface area (Å²) in [5.41, 5.74) is 3.10. The molecule has 0 fully saturated rings. The highest BCUT2D eigenvalue weighted by molar-refractivity contribution is 9.10. The van der Waals surface area contributed by atoms with Gasteiger partial charge in [0.15, 0.2) is 0 Å². The van der Waals surface area contributed by atoms with Crippen LogP contribution in [0, 0.1) is 6.92 Å². The number of benzene rings is 2. The standard InChI is InChI=1S/C22H28BrNO3/c1-15-8-10-20(26-5)18(13-15)24-21(25)7-6-12-27-19-11-9-16(14-17(19)23)22(2,3)4/h8-11,13-14H,6-7,12H2,1-5H3,(H,24,25). The van der Waals surface area contributed by atoms with Gasteiger partial charge in [0.25, 0.3) is 0 Å². The van der Waals surface area contributed by atoms with E-state index in [4.69, 9.17) is 9.47 Å². The Morgan fingerprint density at radius 3 is 2.44 bits per heavy atom. The van der Waals surface area contributed by atoms with Crippen LogP contribution in [0.3, 0.4) is 0 Å². The number of carbonyl (C=O) groups excluding carboxylic acids is 1.